The maximum atomic E-state index is 11.8. The molecule has 0 amide bonds. The summed E-state index contributed by atoms with van der Waals surface area (Å²) in [5.41, 5.74) is 0. The summed E-state index contributed by atoms with van der Waals surface area (Å²) in [7, 11) is 4.07. The molecule has 0 rings (SSSR count). The van der Waals surface area contributed by atoms with E-state index in [2.05, 4.69) is 0 Å². The van der Waals surface area contributed by atoms with Crippen molar-refractivity contribution in [2.75, 3.05) is 28.2 Å². The molecular formula is C6H13N3OP-. The summed E-state index contributed by atoms with van der Waals surface area (Å²) >= 11 is 0. The van der Waals surface area contributed by atoms with Crippen molar-refractivity contribution in [1.29, 1.82) is 0 Å². The summed E-state index contributed by atoms with van der Waals surface area (Å²) in [6, 6.07) is 0. The van der Waals surface area contributed by atoms with E-state index >= 15 is 0 Å². The standard InChI is InChI=1S/C6H13N3OP/c1-8(2)11(10,6-5-7)9(3)4/h6H,1-4H3/q-1. The predicted molar refractivity (Wildman–Crippen MR) is 47.9 cm³/mol. The topological polar surface area (TPSA) is 45.9 Å². The molecule has 0 aromatic carbocycles. The first kappa shape index (κ1) is 10.6. The van der Waals surface area contributed by atoms with Gasteiger partial charge in [0.15, 0.2) is 0 Å². The minimum Gasteiger partial charge on any atom is -0.763 e. The lowest BCUT2D eigenvalue weighted by atomic mass is 11.2. The van der Waals surface area contributed by atoms with Crippen molar-refractivity contribution in [3.63, 3.8) is 0 Å². The van der Waals surface area contributed by atoms with Crippen LogP contribution in [0.15, 0.2) is 5.82 Å². The van der Waals surface area contributed by atoms with E-state index in [1.807, 2.05) is 0 Å². The Morgan fingerprint density at radius 1 is 1.27 bits per heavy atom. The van der Waals surface area contributed by atoms with Crippen molar-refractivity contribution in [1.82, 2.24) is 9.34 Å². The highest BCUT2D eigenvalue weighted by Crippen LogP contribution is 2.49. The largest absolute Gasteiger partial charge is 0.763 e. The fourth-order valence-electron chi connectivity index (χ4n) is 0.664. The van der Waals surface area contributed by atoms with E-state index in [1.54, 1.807) is 43.4 Å². The highest BCUT2D eigenvalue weighted by molar-refractivity contribution is 7.62. The lowest BCUT2D eigenvalue weighted by molar-refractivity contribution is 0.459. The van der Waals surface area contributed by atoms with Crippen LogP contribution < -0.4 is 0 Å². The Labute approximate surface area is 67.5 Å². The SMILES string of the molecule is CN(C)P(=O)(C=C=[N-])N(C)C. The lowest BCUT2D eigenvalue weighted by Crippen LogP contribution is -2.19. The molecule has 64 valence electrons. The molecule has 0 spiro atoms. The highest BCUT2D eigenvalue weighted by Gasteiger charge is 2.23. The number of hydrogen-bond acceptors (Lipinski definition) is 1. The Hall–Kier alpha value is -0.400. The molecule has 11 heavy (non-hydrogen) atoms. The molecule has 0 aromatic heterocycles. The van der Waals surface area contributed by atoms with E-state index in [1.165, 1.54) is 5.82 Å². The highest BCUT2D eigenvalue weighted by atomic mass is 31.2. The summed E-state index contributed by atoms with van der Waals surface area (Å²) in [5, 5.41) is 8.37. The molecule has 0 unspecified atom stereocenters. The van der Waals surface area contributed by atoms with Crippen molar-refractivity contribution in [3.05, 3.63) is 11.2 Å². The molecule has 4 nitrogen and oxygen atoms in total. The average Bonchev–Trinajstić information content (AvgIpc) is 1.87. The van der Waals surface area contributed by atoms with Crippen LogP contribution in [0.2, 0.25) is 0 Å². The second-order valence-corrected chi connectivity index (χ2v) is 5.58. The second-order valence-electron chi connectivity index (χ2n) is 2.54. The first-order chi connectivity index (χ1) is 4.95. The first-order valence-corrected chi connectivity index (χ1v) is 4.82. The van der Waals surface area contributed by atoms with Gasteiger partial charge in [-0.1, -0.05) is 0 Å². The van der Waals surface area contributed by atoms with Crippen molar-refractivity contribution in [2.45, 2.75) is 0 Å². The molecule has 0 atom stereocenters. The molecule has 0 bridgehead atoms. The van der Waals surface area contributed by atoms with Crippen molar-refractivity contribution in [3.8, 4) is 0 Å². The minimum atomic E-state index is -2.68. The average molecular weight is 174 g/mol. The molecule has 0 aliphatic rings. The third kappa shape index (κ3) is 2.28. The van der Waals surface area contributed by atoms with Crippen LogP contribution >= 0.6 is 7.44 Å². The molecule has 0 saturated heterocycles. The Kier molecular flexibility index (Phi) is 3.70. The van der Waals surface area contributed by atoms with Gasteiger partial charge in [0.1, 0.15) is 0 Å². The molecule has 0 fully saturated rings. The van der Waals surface area contributed by atoms with Crippen molar-refractivity contribution < 1.29 is 4.57 Å². The molecule has 0 saturated carbocycles. The normalized spacial score (nSPS) is 11.8. The summed E-state index contributed by atoms with van der Waals surface area (Å²) in [4.78, 5) is 0. The van der Waals surface area contributed by atoms with Crippen molar-refractivity contribution >= 4 is 13.3 Å². The van der Waals surface area contributed by atoms with Crippen LogP contribution in [0.5, 0.6) is 0 Å². The maximum Gasteiger partial charge on any atom is 0.243 e. The van der Waals surface area contributed by atoms with Gasteiger partial charge in [-0.15, -0.1) is 0 Å². The zero-order valence-electron chi connectivity index (χ0n) is 7.27. The van der Waals surface area contributed by atoms with E-state index in [9.17, 15) is 4.57 Å². The maximum absolute atomic E-state index is 11.8. The zero-order valence-corrected chi connectivity index (χ0v) is 8.17. The van der Waals surface area contributed by atoms with Gasteiger partial charge < -0.3 is 5.41 Å². The van der Waals surface area contributed by atoms with Gasteiger partial charge in [-0.2, -0.15) is 0 Å². The number of rotatable bonds is 3. The van der Waals surface area contributed by atoms with Crippen molar-refractivity contribution in [2.24, 2.45) is 0 Å². The first-order valence-electron chi connectivity index (χ1n) is 3.14. The number of nitrogens with zero attached hydrogens (tertiary/aromatic N) is 3. The van der Waals surface area contributed by atoms with Gasteiger partial charge in [0.25, 0.3) is 0 Å². The van der Waals surface area contributed by atoms with Gasteiger partial charge in [0.2, 0.25) is 7.44 Å². The summed E-state index contributed by atoms with van der Waals surface area (Å²) in [5.74, 6) is 2.97. The molecule has 0 aromatic rings. The third-order valence-electron chi connectivity index (χ3n) is 1.37. The molecule has 0 N–H and O–H groups in total. The van der Waals surface area contributed by atoms with Gasteiger partial charge in [0, 0.05) is 5.82 Å². The Morgan fingerprint density at radius 3 is 1.73 bits per heavy atom. The van der Waals surface area contributed by atoms with Crippen LogP contribution in [-0.4, -0.2) is 43.4 Å². The fourth-order valence-corrected chi connectivity index (χ4v) is 1.99. The molecule has 0 heterocycles. The molecule has 5 heteroatoms. The molecule has 0 aliphatic heterocycles. The van der Waals surface area contributed by atoms with E-state index in [0.29, 0.717) is 0 Å². The minimum absolute atomic E-state index is 1.17. The summed E-state index contributed by atoms with van der Waals surface area (Å²) in [6.07, 6.45) is 0. The van der Waals surface area contributed by atoms with Crippen LogP contribution in [0.4, 0.5) is 0 Å². The lowest BCUT2D eigenvalue weighted by Gasteiger charge is -2.27. The third-order valence-corrected chi connectivity index (χ3v) is 4.12. The van der Waals surface area contributed by atoms with Crippen LogP contribution in [0.1, 0.15) is 0 Å². The fraction of sp³-hybridized carbons (Fsp3) is 0.667. The van der Waals surface area contributed by atoms with E-state index in [4.69, 9.17) is 5.41 Å². The van der Waals surface area contributed by atoms with Crippen LogP contribution in [-0.2, 0) is 4.57 Å². The smallest absolute Gasteiger partial charge is 0.243 e. The zero-order chi connectivity index (χ0) is 9.07. The Morgan fingerprint density at radius 2 is 1.64 bits per heavy atom. The molecular weight excluding hydrogens is 161 g/mol. The van der Waals surface area contributed by atoms with Gasteiger partial charge in [-0.05, 0) is 28.2 Å². The summed E-state index contributed by atoms with van der Waals surface area (Å²) < 4.78 is 14.9. The molecule has 0 aliphatic carbocycles. The van der Waals surface area contributed by atoms with E-state index in [-0.39, 0.29) is 0 Å². The second kappa shape index (κ2) is 3.84. The Balaban J connectivity index is 4.83. The Bertz CT molecular complexity index is 206. The van der Waals surface area contributed by atoms with Crippen LogP contribution in [0.25, 0.3) is 5.41 Å². The van der Waals surface area contributed by atoms with E-state index < -0.39 is 7.44 Å². The van der Waals surface area contributed by atoms with Gasteiger partial charge in [-0.3, -0.25) is 10.4 Å². The number of hydrogen-bond donors (Lipinski definition) is 0. The van der Waals surface area contributed by atoms with E-state index in [0.717, 1.165) is 0 Å². The summed E-state index contributed by atoms with van der Waals surface area (Å²) in [6.45, 7) is 0. The van der Waals surface area contributed by atoms with Crippen LogP contribution in [0, 0.1) is 0 Å². The monoisotopic (exact) mass is 174 g/mol. The van der Waals surface area contributed by atoms with Gasteiger partial charge in [0.05, 0.1) is 0 Å². The van der Waals surface area contributed by atoms with Gasteiger partial charge >= 0.3 is 0 Å². The van der Waals surface area contributed by atoms with Crippen LogP contribution in [0.3, 0.4) is 0 Å². The quantitative estimate of drug-likeness (QED) is 0.474. The molecule has 0 radical (unpaired) electrons. The van der Waals surface area contributed by atoms with Gasteiger partial charge in [-0.25, -0.2) is 9.34 Å². The predicted octanol–water partition coefficient (Wildman–Crippen LogP) is 1.06.